The summed E-state index contributed by atoms with van der Waals surface area (Å²) in [5, 5.41) is 3.42. The zero-order valence-corrected chi connectivity index (χ0v) is 18.4. The standard InChI is InChI=1S/C27H24N2O4/c1-17-11-9-10-16-20(17)23-21-22(25(31)29(24(21)30)19-14-7-4-8-15-19)27(28-23,26(32)33-2)18-12-5-3-6-13-18/h3-16,21-23,28H,1-2H3/t21-,22-,23+,27-/m0/s1. The lowest BCUT2D eigenvalue weighted by Crippen LogP contribution is -2.53. The highest BCUT2D eigenvalue weighted by Gasteiger charge is 2.69. The van der Waals surface area contributed by atoms with Crippen LogP contribution in [0.5, 0.6) is 0 Å². The molecule has 33 heavy (non-hydrogen) atoms. The van der Waals surface area contributed by atoms with Crippen molar-refractivity contribution < 1.29 is 19.1 Å². The number of aryl methyl sites for hydroxylation is 1. The fraction of sp³-hybridized carbons (Fsp3) is 0.222. The summed E-state index contributed by atoms with van der Waals surface area (Å²) in [5.74, 6) is -3.04. The smallest absolute Gasteiger partial charge is 0.331 e. The van der Waals surface area contributed by atoms with Crippen LogP contribution in [0.1, 0.15) is 22.7 Å². The van der Waals surface area contributed by atoms with Gasteiger partial charge in [-0.3, -0.25) is 14.9 Å². The minimum Gasteiger partial charge on any atom is -0.467 e. The van der Waals surface area contributed by atoms with Gasteiger partial charge in [-0.25, -0.2) is 9.69 Å². The first-order valence-electron chi connectivity index (χ1n) is 10.9. The van der Waals surface area contributed by atoms with Crippen molar-refractivity contribution in [3.05, 3.63) is 102 Å². The highest BCUT2D eigenvalue weighted by Crippen LogP contribution is 2.54. The Bertz CT molecular complexity index is 1230. The van der Waals surface area contributed by atoms with Crippen molar-refractivity contribution in [2.45, 2.75) is 18.5 Å². The Labute approximate surface area is 192 Å². The maximum atomic E-state index is 13.9. The molecule has 0 radical (unpaired) electrons. The van der Waals surface area contributed by atoms with Gasteiger partial charge in [-0.15, -0.1) is 0 Å². The number of fused-ring (bicyclic) bond motifs is 1. The van der Waals surface area contributed by atoms with Crippen molar-refractivity contribution in [3.63, 3.8) is 0 Å². The Morgan fingerprint density at radius 3 is 2.12 bits per heavy atom. The van der Waals surface area contributed by atoms with Crippen LogP contribution < -0.4 is 10.2 Å². The predicted molar refractivity (Wildman–Crippen MR) is 123 cm³/mol. The summed E-state index contributed by atoms with van der Waals surface area (Å²) in [6, 6.07) is 25.1. The van der Waals surface area contributed by atoms with Gasteiger partial charge in [0.2, 0.25) is 11.8 Å². The van der Waals surface area contributed by atoms with Gasteiger partial charge in [-0.05, 0) is 35.7 Å². The first-order valence-corrected chi connectivity index (χ1v) is 10.9. The number of ether oxygens (including phenoxy) is 1. The van der Waals surface area contributed by atoms with E-state index in [4.69, 9.17) is 4.74 Å². The lowest BCUT2D eigenvalue weighted by Gasteiger charge is -2.33. The highest BCUT2D eigenvalue weighted by molar-refractivity contribution is 6.24. The first-order chi connectivity index (χ1) is 16.0. The molecule has 2 saturated heterocycles. The normalized spacial score (nSPS) is 26.4. The number of para-hydroxylation sites is 1. The number of nitrogens with zero attached hydrogens (tertiary/aromatic N) is 1. The summed E-state index contributed by atoms with van der Waals surface area (Å²) in [5.41, 5.74) is 1.45. The van der Waals surface area contributed by atoms with Crippen molar-refractivity contribution in [2.24, 2.45) is 11.8 Å². The van der Waals surface area contributed by atoms with Gasteiger partial charge in [0.05, 0.1) is 24.6 Å². The first kappa shape index (κ1) is 21.1. The Balaban J connectivity index is 1.75. The monoisotopic (exact) mass is 440 g/mol. The molecule has 3 aromatic rings. The second kappa shape index (κ2) is 7.98. The lowest BCUT2D eigenvalue weighted by atomic mass is 9.75. The molecule has 0 saturated carbocycles. The average Bonchev–Trinajstić information content (AvgIpc) is 3.34. The fourth-order valence-electron chi connectivity index (χ4n) is 5.37. The fourth-order valence-corrected chi connectivity index (χ4v) is 5.37. The molecule has 6 nitrogen and oxygen atoms in total. The molecule has 6 heteroatoms. The van der Waals surface area contributed by atoms with Gasteiger partial charge < -0.3 is 4.74 Å². The van der Waals surface area contributed by atoms with Crippen LogP contribution in [-0.4, -0.2) is 24.9 Å². The molecule has 2 aliphatic heterocycles. The van der Waals surface area contributed by atoms with E-state index in [0.29, 0.717) is 11.3 Å². The number of hydrogen-bond acceptors (Lipinski definition) is 5. The molecule has 1 N–H and O–H groups in total. The molecule has 3 aromatic carbocycles. The van der Waals surface area contributed by atoms with Crippen LogP contribution in [0.3, 0.4) is 0 Å². The van der Waals surface area contributed by atoms with E-state index in [9.17, 15) is 14.4 Å². The molecule has 0 aromatic heterocycles. The molecule has 2 amide bonds. The molecule has 2 aliphatic rings. The second-order valence-corrected chi connectivity index (χ2v) is 8.50. The van der Waals surface area contributed by atoms with E-state index in [1.807, 2.05) is 55.5 Å². The molecule has 0 unspecified atom stereocenters. The number of hydrogen-bond donors (Lipinski definition) is 1. The van der Waals surface area contributed by atoms with E-state index in [0.717, 1.165) is 11.1 Å². The van der Waals surface area contributed by atoms with Crippen molar-refractivity contribution >= 4 is 23.5 Å². The molecule has 166 valence electrons. The third-order valence-corrected chi connectivity index (χ3v) is 6.83. The van der Waals surface area contributed by atoms with Gasteiger partial charge in [0, 0.05) is 6.04 Å². The van der Waals surface area contributed by atoms with E-state index >= 15 is 0 Å². The minimum atomic E-state index is -1.50. The molecular weight excluding hydrogens is 416 g/mol. The maximum absolute atomic E-state index is 13.9. The van der Waals surface area contributed by atoms with Crippen LogP contribution in [0.2, 0.25) is 0 Å². The van der Waals surface area contributed by atoms with Crippen molar-refractivity contribution in [2.75, 3.05) is 12.0 Å². The van der Waals surface area contributed by atoms with E-state index in [1.165, 1.54) is 12.0 Å². The number of benzene rings is 3. The number of esters is 1. The van der Waals surface area contributed by atoms with Gasteiger partial charge in [0.25, 0.3) is 0 Å². The van der Waals surface area contributed by atoms with Crippen LogP contribution in [0.4, 0.5) is 5.69 Å². The molecule has 2 fully saturated rings. The van der Waals surface area contributed by atoms with Crippen molar-refractivity contribution in [1.29, 1.82) is 0 Å². The minimum absolute atomic E-state index is 0.321. The number of methoxy groups -OCH3 is 1. The quantitative estimate of drug-likeness (QED) is 0.496. The summed E-state index contributed by atoms with van der Waals surface area (Å²) in [7, 11) is 1.31. The molecule has 4 atom stereocenters. The highest BCUT2D eigenvalue weighted by atomic mass is 16.5. The Morgan fingerprint density at radius 2 is 1.48 bits per heavy atom. The van der Waals surface area contributed by atoms with Crippen LogP contribution in [-0.2, 0) is 24.7 Å². The molecule has 5 rings (SSSR count). The maximum Gasteiger partial charge on any atom is 0.331 e. The molecular formula is C27H24N2O4. The van der Waals surface area contributed by atoms with Crippen molar-refractivity contribution in [3.8, 4) is 0 Å². The summed E-state index contributed by atoms with van der Waals surface area (Å²) >= 11 is 0. The van der Waals surface area contributed by atoms with Gasteiger partial charge in [-0.1, -0.05) is 72.8 Å². The van der Waals surface area contributed by atoms with Crippen LogP contribution in [0.15, 0.2) is 84.9 Å². The molecule has 0 aliphatic carbocycles. The average molecular weight is 440 g/mol. The number of nitrogens with one attached hydrogen (secondary N) is 1. The number of carbonyl (C=O) groups excluding carboxylic acids is 3. The van der Waals surface area contributed by atoms with Crippen LogP contribution >= 0.6 is 0 Å². The molecule has 0 bridgehead atoms. The topological polar surface area (TPSA) is 75.7 Å². The Kier molecular flexibility index (Phi) is 5.10. The summed E-state index contributed by atoms with van der Waals surface area (Å²) in [6.07, 6.45) is 0. The molecule has 2 heterocycles. The Morgan fingerprint density at radius 1 is 0.879 bits per heavy atom. The van der Waals surface area contributed by atoms with Crippen LogP contribution in [0, 0.1) is 18.8 Å². The third-order valence-electron chi connectivity index (χ3n) is 6.83. The zero-order valence-electron chi connectivity index (χ0n) is 18.4. The SMILES string of the molecule is COC(=O)[C@@]1(c2ccccc2)N[C@H](c2ccccc2C)[C@H]2C(=O)N(c3ccccc3)C(=O)[C@H]21. The summed E-state index contributed by atoms with van der Waals surface area (Å²) in [6.45, 7) is 1.96. The van der Waals surface area contributed by atoms with E-state index < -0.39 is 35.3 Å². The van der Waals surface area contributed by atoms with E-state index in [2.05, 4.69) is 5.32 Å². The van der Waals surface area contributed by atoms with Crippen LogP contribution in [0.25, 0.3) is 0 Å². The molecule has 0 spiro atoms. The summed E-state index contributed by atoms with van der Waals surface area (Å²) in [4.78, 5) is 42.5. The van der Waals surface area contributed by atoms with Gasteiger partial charge in [0.15, 0.2) is 5.54 Å². The number of imide groups is 1. The third kappa shape index (κ3) is 3.02. The van der Waals surface area contributed by atoms with Crippen molar-refractivity contribution in [1.82, 2.24) is 5.32 Å². The zero-order chi connectivity index (χ0) is 23.2. The second-order valence-electron chi connectivity index (χ2n) is 8.50. The Hall–Kier alpha value is -3.77. The predicted octanol–water partition coefficient (Wildman–Crippen LogP) is 3.51. The van der Waals surface area contributed by atoms with Gasteiger partial charge in [-0.2, -0.15) is 0 Å². The van der Waals surface area contributed by atoms with Gasteiger partial charge >= 0.3 is 5.97 Å². The lowest BCUT2D eigenvalue weighted by molar-refractivity contribution is -0.152. The number of carbonyl (C=O) groups is 3. The van der Waals surface area contributed by atoms with E-state index in [1.54, 1.807) is 36.4 Å². The number of anilines is 1. The van der Waals surface area contributed by atoms with E-state index in [-0.39, 0.29) is 5.91 Å². The number of rotatable bonds is 4. The largest absolute Gasteiger partial charge is 0.467 e. The number of amides is 2. The summed E-state index contributed by atoms with van der Waals surface area (Å²) < 4.78 is 5.26. The van der Waals surface area contributed by atoms with Gasteiger partial charge in [0.1, 0.15) is 0 Å².